The van der Waals surface area contributed by atoms with Gasteiger partial charge in [-0.15, -0.1) is 0 Å². The first-order valence-corrected chi connectivity index (χ1v) is 11.0. The maximum absolute atomic E-state index is 12.2. The highest BCUT2D eigenvalue weighted by atomic mass is 16.5. The molecule has 2 heterocycles. The quantitative estimate of drug-likeness (QED) is 0.653. The number of aryl methyl sites for hydroxylation is 2. The molecule has 0 unspecified atom stereocenters. The highest BCUT2D eigenvalue weighted by Gasteiger charge is 2.21. The molecule has 0 radical (unpaired) electrons. The second-order valence-corrected chi connectivity index (χ2v) is 8.25. The normalized spacial score (nSPS) is 15.9. The van der Waals surface area contributed by atoms with Crippen LogP contribution in [-0.4, -0.2) is 25.0 Å². The Bertz CT molecular complexity index is 1120. The predicted molar refractivity (Wildman–Crippen MR) is 118 cm³/mol. The summed E-state index contributed by atoms with van der Waals surface area (Å²) in [6.07, 6.45) is 5.93. The third-order valence-corrected chi connectivity index (χ3v) is 6.11. The number of fused-ring (bicyclic) bond motifs is 3. The van der Waals surface area contributed by atoms with E-state index in [4.69, 9.17) is 9.15 Å². The van der Waals surface area contributed by atoms with Gasteiger partial charge in [-0.2, -0.15) is 0 Å². The second-order valence-electron chi connectivity index (χ2n) is 8.25. The largest absolute Gasteiger partial charge is 0.484 e. The molecule has 2 aliphatic rings. The van der Waals surface area contributed by atoms with Crippen molar-refractivity contribution in [2.75, 3.05) is 18.1 Å². The van der Waals surface area contributed by atoms with Crippen LogP contribution in [0.25, 0.3) is 11.0 Å². The van der Waals surface area contributed by atoms with E-state index in [-0.39, 0.29) is 18.4 Å². The smallest absolute Gasteiger partial charge is 0.258 e. The van der Waals surface area contributed by atoms with Crippen molar-refractivity contribution in [2.24, 2.45) is 0 Å². The lowest BCUT2D eigenvalue weighted by Gasteiger charge is -2.16. The zero-order valence-corrected chi connectivity index (χ0v) is 17.5. The van der Waals surface area contributed by atoms with Crippen LogP contribution < -0.4 is 15.0 Å². The molecule has 0 atom stereocenters. The van der Waals surface area contributed by atoms with Crippen LogP contribution in [0.3, 0.4) is 0 Å². The molecule has 6 nitrogen and oxygen atoms in total. The highest BCUT2D eigenvalue weighted by molar-refractivity contribution is 5.95. The van der Waals surface area contributed by atoms with E-state index in [1.807, 2.05) is 47.4 Å². The summed E-state index contributed by atoms with van der Waals surface area (Å²) < 4.78 is 11.7. The minimum atomic E-state index is -0.173. The molecule has 1 aliphatic heterocycles. The van der Waals surface area contributed by atoms with Gasteiger partial charge in [-0.05, 0) is 61.6 Å². The van der Waals surface area contributed by atoms with Crippen LogP contribution in [0, 0.1) is 0 Å². The van der Waals surface area contributed by atoms with Crippen LogP contribution in [0.2, 0.25) is 0 Å². The van der Waals surface area contributed by atoms with E-state index in [0.717, 1.165) is 53.8 Å². The summed E-state index contributed by atoms with van der Waals surface area (Å²) in [7, 11) is 0. The van der Waals surface area contributed by atoms with Gasteiger partial charge in [0.1, 0.15) is 17.1 Å². The molecular formula is C25H26N2O4. The van der Waals surface area contributed by atoms with Crippen molar-refractivity contribution in [3.63, 3.8) is 0 Å². The van der Waals surface area contributed by atoms with Crippen LogP contribution in [0.5, 0.6) is 5.75 Å². The average Bonchev–Trinajstić information content (AvgIpc) is 3.39. The van der Waals surface area contributed by atoms with Gasteiger partial charge in [-0.25, -0.2) is 0 Å². The molecule has 0 saturated carbocycles. The number of anilines is 1. The van der Waals surface area contributed by atoms with E-state index in [1.54, 1.807) is 0 Å². The van der Waals surface area contributed by atoms with Gasteiger partial charge in [0, 0.05) is 42.6 Å². The van der Waals surface area contributed by atoms with E-state index in [1.165, 1.54) is 18.4 Å². The van der Waals surface area contributed by atoms with E-state index in [0.29, 0.717) is 18.7 Å². The maximum Gasteiger partial charge on any atom is 0.258 e. The van der Waals surface area contributed by atoms with E-state index >= 15 is 0 Å². The molecule has 2 aromatic carbocycles. The maximum atomic E-state index is 12.2. The Labute approximate surface area is 181 Å². The van der Waals surface area contributed by atoms with Crippen molar-refractivity contribution in [3.05, 3.63) is 59.4 Å². The van der Waals surface area contributed by atoms with Gasteiger partial charge in [0.2, 0.25) is 5.91 Å². The molecule has 1 saturated heterocycles. The molecule has 0 bridgehead atoms. The van der Waals surface area contributed by atoms with Crippen molar-refractivity contribution in [1.82, 2.24) is 5.32 Å². The summed E-state index contributed by atoms with van der Waals surface area (Å²) in [5.74, 6) is 1.77. The zero-order chi connectivity index (χ0) is 21.2. The Morgan fingerprint density at radius 1 is 1.03 bits per heavy atom. The number of nitrogens with one attached hydrogen (secondary N) is 1. The number of carbonyl (C=O) groups excluding carboxylic acids is 2. The first-order chi connectivity index (χ1) is 15.2. The lowest BCUT2D eigenvalue weighted by atomic mass is 9.96. The molecule has 3 aromatic rings. The third kappa shape index (κ3) is 4.15. The Morgan fingerprint density at radius 3 is 2.68 bits per heavy atom. The SMILES string of the molecule is O=C(COc1ccc2oc3c(c2c1)CCCC3)NCc1ccc(N2CCCC2=O)cc1. The first-order valence-electron chi connectivity index (χ1n) is 11.0. The number of ether oxygens (including phenoxy) is 1. The summed E-state index contributed by atoms with van der Waals surface area (Å²) in [4.78, 5) is 25.9. The zero-order valence-electron chi connectivity index (χ0n) is 17.5. The molecular weight excluding hydrogens is 392 g/mol. The number of amides is 2. The molecule has 1 aliphatic carbocycles. The lowest BCUT2D eigenvalue weighted by Crippen LogP contribution is -2.28. The summed E-state index contributed by atoms with van der Waals surface area (Å²) in [5, 5.41) is 3.99. The van der Waals surface area contributed by atoms with Gasteiger partial charge in [0.05, 0.1) is 0 Å². The van der Waals surface area contributed by atoms with Crippen molar-refractivity contribution in [2.45, 2.75) is 45.1 Å². The van der Waals surface area contributed by atoms with Crippen LogP contribution in [-0.2, 0) is 29.0 Å². The minimum absolute atomic E-state index is 0.0358. The fraction of sp³-hybridized carbons (Fsp3) is 0.360. The van der Waals surface area contributed by atoms with E-state index in [9.17, 15) is 9.59 Å². The first kappa shape index (κ1) is 19.7. The van der Waals surface area contributed by atoms with Gasteiger partial charge in [-0.1, -0.05) is 12.1 Å². The molecule has 160 valence electrons. The molecule has 5 rings (SSSR count). The van der Waals surface area contributed by atoms with E-state index in [2.05, 4.69) is 5.32 Å². The monoisotopic (exact) mass is 418 g/mol. The molecule has 0 spiro atoms. The highest BCUT2D eigenvalue weighted by Crippen LogP contribution is 2.33. The fourth-order valence-corrected chi connectivity index (χ4v) is 4.45. The molecule has 1 N–H and O–H groups in total. The van der Waals surface area contributed by atoms with Gasteiger partial charge >= 0.3 is 0 Å². The van der Waals surface area contributed by atoms with Crippen LogP contribution >= 0.6 is 0 Å². The molecule has 2 amide bonds. The molecule has 1 aromatic heterocycles. The van der Waals surface area contributed by atoms with Crippen molar-refractivity contribution in [1.29, 1.82) is 0 Å². The number of hydrogen-bond donors (Lipinski definition) is 1. The minimum Gasteiger partial charge on any atom is -0.484 e. The lowest BCUT2D eigenvalue weighted by molar-refractivity contribution is -0.123. The third-order valence-electron chi connectivity index (χ3n) is 6.11. The van der Waals surface area contributed by atoms with Crippen molar-refractivity contribution >= 4 is 28.5 Å². The standard InChI is InChI=1S/C25H26N2O4/c28-24(26-15-17-7-9-18(10-8-17)27-13-3-6-25(27)29)16-30-19-11-12-23-21(14-19)20-4-1-2-5-22(20)31-23/h7-12,14H,1-6,13,15-16H2,(H,26,28). The number of nitrogens with zero attached hydrogens (tertiary/aromatic N) is 1. The summed E-state index contributed by atoms with van der Waals surface area (Å²) in [6, 6.07) is 13.5. The van der Waals surface area contributed by atoms with Gasteiger partial charge in [-0.3, -0.25) is 9.59 Å². The summed E-state index contributed by atoms with van der Waals surface area (Å²) in [5.41, 5.74) is 4.07. The average molecular weight is 418 g/mol. The van der Waals surface area contributed by atoms with Crippen molar-refractivity contribution < 1.29 is 18.7 Å². The number of benzene rings is 2. The molecule has 6 heteroatoms. The Morgan fingerprint density at radius 2 is 1.87 bits per heavy atom. The fourth-order valence-electron chi connectivity index (χ4n) is 4.45. The van der Waals surface area contributed by atoms with Gasteiger partial charge in [0.25, 0.3) is 5.91 Å². The topological polar surface area (TPSA) is 71.8 Å². The van der Waals surface area contributed by atoms with Crippen molar-refractivity contribution in [3.8, 4) is 5.75 Å². The molecule has 1 fully saturated rings. The summed E-state index contributed by atoms with van der Waals surface area (Å²) in [6.45, 7) is 1.16. The summed E-state index contributed by atoms with van der Waals surface area (Å²) >= 11 is 0. The van der Waals surface area contributed by atoms with Gasteiger partial charge < -0.3 is 19.4 Å². The number of furan rings is 1. The number of carbonyl (C=O) groups is 2. The second kappa shape index (κ2) is 8.46. The number of rotatable bonds is 6. The Hall–Kier alpha value is -3.28. The Balaban J connectivity index is 1.15. The molecule has 31 heavy (non-hydrogen) atoms. The van der Waals surface area contributed by atoms with Crippen LogP contribution in [0.4, 0.5) is 5.69 Å². The Kier molecular flexibility index (Phi) is 5.37. The number of hydrogen-bond acceptors (Lipinski definition) is 4. The predicted octanol–water partition coefficient (Wildman–Crippen LogP) is 4.13. The van der Waals surface area contributed by atoms with E-state index < -0.39 is 0 Å². The van der Waals surface area contributed by atoms with Crippen LogP contribution in [0.15, 0.2) is 46.9 Å². The van der Waals surface area contributed by atoms with Crippen LogP contribution in [0.1, 0.15) is 42.6 Å². The van der Waals surface area contributed by atoms with Gasteiger partial charge in [0.15, 0.2) is 6.61 Å².